The van der Waals surface area contributed by atoms with E-state index in [-0.39, 0.29) is 6.29 Å². The van der Waals surface area contributed by atoms with E-state index < -0.39 is 62.2 Å². The fourth-order valence-electron chi connectivity index (χ4n) is 1.02. The van der Waals surface area contributed by atoms with Crippen LogP contribution in [0.1, 0.15) is 0 Å². The summed E-state index contributed by atoms with van der Waals surface area (Å²) in [4.78, 5) is 20.3. The molecule has 0 aliphatic heterocycles. The van der Waals surface area contributed by atoms with Crippen LogP contribution in [0.3, 0.4) is 0 Å². The molecule has 0 saturated heterocycles. The first-order valence-electron chi connectivity index (χ1n) is 6.06. The SMILES string of the molecule is O=C(CO)C(O)C(O)C(O)CO.O=CC(O)C(O)C(O)CO. The Labute approximate surface area is 125 Å². The molecule has 22 heavy (non-hydrogen) atoms. The van der Waals surface area contributed by atoms with Gasteiger partial charge >= 0.3 is 0 Å². The first kappa shape index (κ1) is 23.2. The molecule has 0 fully saturated rings. The number of hydrogen-bond donors (Lipinski definition) is 9. The van der Waals surface area contributed by atoms with Crippen LogP contribution >= 0.6 is 0 Å². The van der Waals surface area contributed by atoms with Crippen molar-refractivity contribution in [3.63, 3.8) is 0 Å². The lowest BCUT2D eigenvalue weighted by Crippen LogP contribution is -2.44. The normalized spacial score (nSPS) is 19.0. The van der Waals surface area contributed by atoms with Crippen LogP contribution in [-0.2, 0) is 9.59 Å². The van der Waals surface area contributed by atoms with Gasteiger partial charge in [0.15, 0.2) is 12.1 Å². The van der Waals surface area contributed by atoms with Crippen LogP contribution in [0.4, 0.5) is 0 Å². The number of carbonyl (C=O) groups excluding carboxylic acids is 2. The number of aldehydes is 1. The zero-order chi connectivity index (χ0) is 17.9. The summed E-state index contributed by atoms with van der Waals surface area (Å²) in [6, 6.07) is 0. The number of carbonyl (C=O) groups is 2. The van der Waals surface area contributed by atoms with E-state index in [1.165, 1.54) is 0 Å². The third kappa shape index (κ3) is 8.43. The van der Waals surface area contributed by atoms with Crippen LogP contribution in [0.25, 0.3) is 0 Å². The van der Waals surface area contributed by atoms with E-state index in [1.807, 2.05) is 0 Å². The Balaban J connectivity index is 0. The number of hydrogen-bond acceptors (Lipinski definition) is 11. The topological polar surface area (TPSA) is 216 Å². The van der Waals surface area contributed by atoms with Gasteiger partial charge in [-0.1, -0.05) is 0 Å². The van der Waals surface area contributed by atoms with Gasteiger partial charge in [0.1, 0.15) is 43.2 Å². The molecule has 0 aliphatic carbocycles. The smallest absolute Gasteiger partial charge is 0.189 e. The maximum absolute atomic E-state index is 10.5. The highest BCUT2D eigenvalue weighted by atomic mass is 16.4. The summed E-state index contributed by atoms with van der Waals surface area (Å²) in [6.07, 6.45) is -9.85. The molecule has 11 heteroatoms. The standard InChI is InChI=1S/C6H12O6.C5H10O5/c7-1-3(9)5(11)6(12)4(10)2-8;6-1-3(8)5(10)4(9)2-7/h3,5-9,11-12H,1-2H2;1,3-5,7-10H,2H2. The Morgan fingerprint density at radius 1 is 0.818 bits per heavy atom. The Kier molecular flexibility index (Phi) is 13.2. The highest BCUT2D eigenvalue weighted by molar-refractivity contribution is 5.84. The van der Waals surface area contributed by atoms with Crippen molar-refractivity contribution < 1.29 is 55.5 Å². The molecule has 0 saturated carbocycles. The van der Waals surface area contributed by atoms with Crippen LogP contribution < -0.4 is 0 Å². The molecule has 0 aromatic heterocycles. The van der Waals surface area contributed by atoms with Crippen molar-refractivity contribution in [2.45, 2.75) is 36.6 Å². The van der Waals surface area contributed by atoms with E-state index in [0.29, 0.717) is 0 Å². The van der Waals surface area contributed by atoms with Gasteiger partial charge in [-0.05, 0) is 0 Å². The lowest BCUT2D eigenvalue weighted by atomic mass is 10.1. The number of Topliss-reactive ketones (excluding diaryl/α,β-unsaturated/α-hetero) is 1. The molecule has 0 amide bonds. The molecule has 6 atom stereocenters. The van der Waals surface area contributed by atoms with E-state index in [2.05, 4.69) is 0 Å². The molecule has 0 aromatic rings. The van der Waals surface area contributed by atoms with Crippen LogP contribution in [0.15, 0.2) is 0 Å². The lowest BCUT2D eigenvalue weighted by Gasteiger charge is -2.19. The molecule has 6 unspecified atom stereocenters. The van der Waals surface area contributed by atoms with Crippen molar-refractivity contribution in [1.29, 1.82) is 0 Å². The summed E-state index contributed by atoms with van der Waals surface area (Å²) in [6.45, 7) is -2.38. The Bertz CT molecular complexity index is 310. The van der Waals surface area contributed by atoms with Crippen molar-refractivity contribution in [3.05, 3.63) is 0 Å². The van der Waals surface area contributed by atoms with E-state index in [0.717, 1.165) is 0 Å². The molecular formula is C11H22O11. The number of rotatable bonds is 9. The van der Waals surface area contributed by atoms with Crippen molar-refractivity contribution in [2.75, 3.05) is 19.8 Å². The predicted molar refractivity (Wildman–Crippen MR) is 68.4 cm³/mol. The van der Waals surface area contributed by atoms with E-state index in [4.69, 9.17) is 46.0 Å². The van der Waals surface area contributed by atoms with Gasteiger partial charge in [0.25, 0.3) is 0 Å². The van der Waals surface area contributed by atoms with Gasteiger partial charge in [-0.25, -0.2) is 0 Å². The minimum atomic E-state index is -1.86. The van der Waals surface area contributed by atoms with Crippen molar-refractivity contribution in [2.24, 2.45) is 0 Å². The summed E-state index contributed by atoms with van der Waals surface area (Å²) in [5, 5.41) is 77.1. The molecule has 0 radical (unpaired) electrons. The molecule has 0 rings (SSSR count). The highest BCUT2D eigenvalue weighted by Gasteiger charge is 2.28. The van der Waals surface area contributed by atoms with Crippen LogP contribution in [0.2, 0.25) is 0 Å². The van der Waals surface area contributed by atoms with Gasteiger partial charge < -0.3 is 50.8 Å². The predicted octanol–water partition coefficient (Wildman–Crippen LogP) is -6.12. The van der Waals surface area contributed by atoms with E-state index in [9.17, 15) is 9.59 Å². The quantitative estimate of drug-likeness (QED) is 0.181. The average Bonchev–Trinajstić information content (AvgIpc) is 2.56. The summed E-state index contributed by atoms with van der Waals surface area (Å²) in [7, 11) is 0. The first-order valence-corrected chi connectivity index (χ1v) is 6.06. The zero-order valence-corrected chi connectivity index (χ0v) is 11.5. The third-order valence-corrected chi connectivity index (χ3v) is 2.46. The Hall–Kier alpha value is -1.02. The Morgan fingerprint density at radius 3 is 1.55 bits per heavy atom. The second-order valence-corrected chi connectivity index (χ2v) is 4.18. The van der Waals surface area contributed by atoms with Crippen molar-refractivity contribution in [1.82, 2.24) is 0 Å². The maximum atomic E-state index is 10.5. The van der Waals surface area contributed by atoms with Gasteiger partial charge in [0, 0.05) is 0 Å². The highest BCUT2D eigenvalue weighted by Crippen LogP contribution is 2.00. The largest absolute Gasteiger partial charge is 0.394 e. The molecule has 0 bridgehead atoms. The summed E-state index contributed by atoms with van der Waals surface area (Å²) in [5.41, 5.74) is 0. The molecule has 0 spiro atoms. The monoisotopic (exact) mass is 330 g/mol. The Morgan fingerprint density at radius 2 is 1.23 bits per heavy atom. The van der Waals surface area contributed by atoms with Crippen LogP contribution in [0.5, 0.6) is 0 Å². The van der Waals surface area contributed by atoms with E-state index >= 15 is 0 Å². The van der Waals surface area contributed by atoms with Crippen molar-refractivity contribution >= 4 is 12.1 Å². The summed E-state index contributed by atoms with van der Waals surface area (Å²) >= 11 is 0. The van der Waals surface area contributed by atoms with Gasteiger partial charge in [0.05, 0.1) is 13.2 Å². The molecule has 9 N–H and O–H groups in total. The van der Waals surface area contributed by atoms with Crippen LogP contribution in [-0.4, -0.2) is 114 Å². The summed E-state index contributed by atoms with van der Waals surface area (Å²) in [5.74, 6) is -1.00. The van der Waals surface area contributed by atoms with Crippen molar-refractivity contribution in [3.8, 4) is 0 Å². The molecule has 0 aliphatic rings. The number of aliphatic hydroxyl groups excluding tert-OH is 9. The maximum Gasteiger partial charge on any atom is 0.189 e. The third-order valence-electron chi connectivity index (χ3n) is 2.46. The number of aliphatic hydroxyl groups is 9. The van der Waals surface area contributed by atoms with Gasteiger partial charge in [-0.2, -0.15) is 0 Å². The fourth-order valence-corrected chi connectivity index (χ4v) is 1.02. The van der Waals surface area contributed by atoms with E-state index in [1.54, 1.807) is 0 Å². The second kappa shape index (κ2) is 12.5. The fraction of sp³-hybridized carbons (Fsp3) is 0.818. The average molecular weight is 330 g/mol. The minimum absolute atomic E-state index is 0.0869. The lowest BCUT2D eigenvalue weighted by molar-refractivity contribution is -0.142. The first-order chi connectivity index (χ1) is 10.2. The minimum Gasteiger partial charge on any atom is -0.394 e. The molecule has 132 valence electrons. The number of ketones is 1. The molecular weight excluding hydrogens is 308 g/mol. The zero-order valence-electron chi connectivity index (χ0n) is 11.5. The molecule has 0 aromatic carbocycles. The molecule has 0 heterocycles. The van der Waals surface area contributed by atoms with Gasteiger partial charge in [-0.3, -0.25) is 4.79 Å². The van der Waals surface area contributed by atoms with Crippen LogP contribution in [0, 0.1) is 0 Å². The molecule has 11 nitrogen and oxygen atoms in total. The van der Waals surface area contributed by atoms with Gasteiger partial charge in [-0.15, -0.1) is 0 Å². The second-order valence-electron chi connectivity index (χ2n) is 4.18. The van der Waals surface area contributed by atoms with Gasteiger partial charge in [0.2, 0.25) is 0 Å². The summed E-state index contributed by atoms with van der Waals surface area (Å²) < 4.78 is 0.